The summed E-state index contributed by atoms with van der Waals surface area (Å²) in [7, 11) is 1.55. The summed E-state index contributed by atoms with van der Waals surface area (Å²) in [6.45, 7) is 9.02. The fourth-order valence-corrected chi connectivity index (χ4v) is 8.63. The van der Waals surface area contributed by atoms with Crippen LogP contribution in [0, 0.1) is 17.8 Å². The average molecular weight is 424 g/mol. The van der Waals surface area contributed by atoms with Crippen molar-refractivity contribution in [1.82, 2.24) is 0 Å². The van der Waals surface area contributed by atoms with E-state index in [-0.39, 0.29) is 18.3 Å². The number of hydrogen-bond acceptors (Lipinski definition) is 3. The molecule has 3 nitrogen and oxygen atoms in total. The van der Waals surface area contributed by atoms with Crippen LogP contribution in [0.5, 0.6) is 5.75 Å². The van der Waals surface area contributed by atoms with E-state index in [9.17, 15) is 0 Å². The van der Waals surface area contributed by atoms with Crippen LogP contribution in [-0.4, -0.2) is 25.4 Å². The Kier molecular flexibility index (Phi) is 5.49. The average Bonchev–Trinajstić information content (AvgIpc) is 3.13. The molecular weight excluding hydrogens is 383 g/mol. The largest absolute Gasteiger partial charge is 0.496 e. The first-order valence-corrected chi connectivity index (χ1v) is 13.0. The summed E-state index contributed by atoms with van der Waals surface area (Å²) < 4.78 is 19.6. The van der Waals surface area contributed by atoms with Gasteiger partial charge in [-0.15, -0.1) is 0 Å². The fraction of sp³-hybridized carbons (Fsp3) is 0.778. The van der Waals surface area contributed by atoms with Crippen LogP contribution >= 0.6 is 0 Å². The van der Waals surface area contributed by atoms with Gasteiger partial charge < -0.3 is 14.0 Å². The van der Waals surface area contributed by atoms with Crippen molar-refractivity contribution in [1.29, 1.82) is 0 Å². The van der Waals surface area contributed by atoms with Crippen molar-refractivity contribution in [2.45, 2.75) is 109 Å². The van der Waals surface area contributed by atoms with Gasteiger partial charge in [-0.05, 0) is 104 Å². The highest BCUT2D eigenvalue weighted by atomic mass is 16.7. The Bertz CT molecular complexity index is 755. The molecule has 1 aliphatic heterocycles. The molecule has 0 atom stereocenters. The van der Waals surface area contributed by atoms with Gasteiger partial charge in [-0.3, -0.25) is 0 Å². The highest BCUT2D eigenvalue weighted by Gasteiger charge is 2.59. The van der Waals surface area contributed by atoms with Gasteiger partial charge in [0.05, 0.1) is 18.3 Å². The molecule has 4 aliphatic carbocycles. The standard InChI is InChI=1S/C27H41BO3/c1-6-26(7-2)27(8-3,9-4)31-28(30-26)22-10-11-24(29-5)23(15-22)25-16-19-12-20(17-25)14-21(13-19)18-25/h10-11,15,19-21H,6-9,12-14,16-18H2,1-5H3. The highest BCUT2D eigenvalue weighted by Crippen LogP contribution is 2.61. The summed E-state index contributed by atoms with van der Waals surface area (Å²) in [6.07, 6.45) is 12.3. The molecule has 1 aromatic rings. The molecule has 5 fully saturated rings. The third-order valence-electron chi connectivity index (χ3n) is 9.89. The Balaban J connectivity index is 1.53. The zero-order valence-electron chi connectivity index (χ0n) is 20.3. The van der Waals surface area contributed by atoms with E-state index in [0.717, 1.165) is 49.2 Å². The quantitative estimate of drug-likeness (QED) is 0.501. The highest BCUT2D eigenvalue weighted by molar-refractivity contribution is 6.62. The Morgan fingerprint density at radius 1 is 0.839 bits per heavy atom. The lowest BCUT2D eigenvalue weighted by Gasteiger charge is -2.57. The normalized spacial score (nSPS) is 35.0. The van der Waals surface area contributed by atoms with Gasteiger partial charge in [-0.25, -0.2) is 0 Å². The third kappa shape index (κ3) is 3.15. The molecular formula is C27H41BO3. The molecule has 0 radical (unpaired) electrons. The van der Waals surface area contributed by atoms with E-state index in [0.29, 0.717) is 5.41 Å². The van der Waals surface area contributed by atoms with Crippen LogP contribution in [0.2, 0.25) is 0 Å². The van der Waals surface area contributed by atoms with Gasteiger partial charge in [-0.2, -0.15) is 0 Å². The maximum atomic E-state index is 6.82. The second kappa shape index (κ2) is 7.80. The van der Waals surface area contributed by atoms with Crippen molar-refractivity contribution in [3.05, 3.63) is 23.8 Å². The summed E-state index contributed by atoms with van der Waals surface area (Å²) in [5.74, 6) is 3.82. The van der Waals surface area contributed by atoms with Crippen LogP contribution in [0.15, 0.2) is 18.2 Å². The van der Waals surface area contributed by atoms with Gasteiger partial charge in [0, 0.05) is 0 Å². The van der Waals surface area contributed by atoms with Crippen molar-refractivity contribution in [2.75, 3.05) is 7.11 Å². The van der Waals surface area contributed by atoms with Crippen molar-refractivity contribution in [3.63, 3.8) is 0 Å². The Labute approximate surface area is 189 Å². The van der Waals surface area contributed by atoms with E-state index >= 15 is 0 Å². The van der Waals surface area contributed by atoms with Gasteiger partial charge in [0.2, 0.25) is 0 Å². The van der Waals surface area contributed by atoms with Crippen LogP contribution in [0.4, 0.5) is 0 Å². The molecule has 0 aromatic heterocycles. The number of benzene rings is 1. The molecule has 4 bridgehead atoms. The molecule has 4 heteroatoms. The van der Waals surface area contributed by atoms with E-state index in [1.54, 1.807) is 0 Å². The molecule has 1 aromatic carbocycles. The van der Waals surface area contributed by atoms with Crippen LogP contribution in [0.1, 0.15) is 97.5 Å². The number of methoxy groups -OCH3 is 1. The van der Waals surface area contributed by atoms with Crippen molar-refractivity contribution >= 4 is 12.6 Å². The fourth-order valence-electron chi connectivity index (χ4n) is 8.63. The minimum atomic E-state index is -0.279. The van der Waals surface area contributed by atoms with E-state index in [1.165, 1.54) is 49.6 Å². The molecule has 0 N–H and O–H groups in total. The van der Waals surface area contributed by atoms with E-state index in [2.05, 4.69) is 45.9 Å². The summed E-state index contributed by atoms with van der Waals surface area (Å²) >= 11 is 0. The number of rotatable bonds is 7. The maximum absolute atomic E-state index is 6.82. The SMILES string of the molecule is CCC1(CC)OB(c2ccc(OC)c(C34CC5CC(CC(C5)C3)C4)c2)OC1(CC)CC. The van der Waals surface area contributed by atoms with Crippen LogP contribution in [0.3, 0.4) is 0 Å². The third-order valence-corrected chi connectivity index (χ3v) is 9.89. The molecule has 6 rings (SSSR count). The summed E-state index contributed by atoms with van der Waals surface area (Å²) in [5, 5.41) is 0. The number of ether oxygens (including phenoxy) is 1. The summed E-state index contributed by atoms with van der Waals surface area (Å²) in [5.41, 5.74) is 2.50. The van der Waals surface area contributed by atoms with Gasteiger partial charge in [0.25, 0.3) is 0 Å². The second-order valence-corrected chi connectivity index (χ2v) is 11.1. The molecule has 31 heavy (non-hydrogen) atoms. The minimum Gasteiger partial charge on any atom is -0.496 e. The van der Waals surface area contributed by atoms with E-state index in [1.807, 2.05) is 7.11 Å². The lowest BCUT2D eigenvalue weighted by atomic mass is 9.47. The minimum absolute atomic E-state index is 0.206. The molecule has 1 saturated heterocycles. The van der Waals surface area contributed by atoms with Crippen molar-refractivity contribution in [3.8, 4) is 5.75 Å². The first-order valence-electron chi connectivity index (χ1n) is 13.0. The summed E-state index contributed by atoms with van der Waals surface area (Å²) in [4.78, 5) is 0. The molecule has 0 unspecified atom stereocenters. The Morgan fingerprint density at radius 2 is 1.32 bits per heavy atom. The van der Waals surface area contributed by atoms with Gasteiger partial charge in [0.15, 0.2) is 0 Å². The zero-order valence-corrected chi connectivity index (χ0v) is 20.3. The molecule has 0 spiro atoms. The van der Waals surface area contributed by atoms with Gasteiger partial charge in [0.1, 0.15) is 5.75 Å². The van der Waals surface area contributed by atoms with Gasteiger partial charge >= 0.3 is 7.12 Å². The van der Waals surface area contributed by atoms with Crippen LogP contribution in [0.25, 0.3) is 0 Å². The lowest BCUT2D eigenvalue weighted by molar-refractivity contribution is -0.0601. The predicted molar refractivity (Wildman–Crippen MR) is 127 cm³/mol. The molecule has 4 saturated carbocycles. The van der Waals surface area contributed by atoms with Crippen LogP contribution in [-0.2, 0) is 14.7 Å². The zero-order chi connectivity index (χ0) is 21.9. The maximum Gasteiger partial charge on any atom is 0.494 e. The van der Waals surface area contributed by atoms with Crippen molar-refractivity contribution in [2.24, 2.45) is 17.8 Å². The lowest BCUT2D eigenvalue weighted by Crippen LogP contribution is -2.50. The number of hydrogen-bond donors (Lipinski definition) is 0. The van der Waals surface area contributed by atoms with Gasteiger partial charge in [-0.1, -0.05) is 39.8 Å². The molecule has 0 amide bonds. The smallest absolute Gasteiger partial charge is 0.494 e. The predicted octanol–water partition coefficient (Wildman–Crippen LogP) is 6.02. The van der Waals surface area contributed by atoms with Crippen molar-refractivity contribution < 1.29 is 14.0 Å². The van der Waals surface area contributed by atoms with Crippen LogP contribution < -0.4 is 10.2 Å². The second-order valence-electron chi connectivity index (χ2n) is 11.1. The topological polar surface area (TPSA) is 27.7 Å². The molecule has 5 aliphatic rings. The van der Waals surface area contributed by atoms with E-state index in [4.69, 9.17) is 14.0 Å². The Hall–Kier alpha value is -0.995. The first kappa shape index (κ1) is 21.8. The van der Waals surface area contributed by atoms with E-state index < -0.39 is 0 Å². The Morgan fingerprint density at radius 3 is 1.74 bits per heavy atom. The molecule has 1 heterocycles. The summed E-state index contributed by atoms with van der Waals surface area (Å²) in [6, 6.07) is 6.78. The molecule has 170 valence electrons. The first-order chi connectivity index (χ1) is 15.0. The monoisotopic (exact) mass is 424 g/mol.